The maximum Gasteiger partial charge on any atom is 0.273 e. The Bertz CT molecular complexity index is 991. The molecule has 172 valence electrons. The number of nitrogens with zero attached hydrogens (tertiary/aromatic N) is 2. The summed E-state index contributed by atoms with van der Waals surface area (Å²) in [5.74, 6) is -0.688. The molecule has 0 saturated carbocycles. The smallest absolute Gasteiger partial charge is 0.273 e. The number of nitrogens with one attached hydrogen (secondary N) is 1. The van der Waals surface area contributed by atoms with E-state index in [0.717, 1.165) is 16.7 Å². The van der Waals surface area contributed by atoms with Crippen LogP contribution in [0.2, 0.25) is 0 Å². The molecule has 3 rings (SSSR count). The van der Waals surface area contributed by atoms with Crippen LogP contribution in [0.5, 0.6) is 5.88 Å². The van der Waals surface area contributed by atoms with Crippen molar-refractivity contribution < 1.29 is 23.8 Å². The van der Waals surface area contributed by atoms with Gasteiger partial charge in [-0.2, -0.15) is 0 Å². The van der Waals surface area contributed by atoms with Crippen molar-refractivity contribution in [3.63, 3.8) is 0 Å². The van der Waals surface area contributed by atoms with Gasteiger partial charge in [-0.15, -0.1) is 0 Å². The lowest BCUT2D eigenvalue weighted by molar-refractivity contribution is -0.232. The van der Waals surface area contributed by atoms with Gasteiger partial charge in [0.2, 0.25) is 11.7 Å². The highest BCUT2D eigenvalue weighted by Gasteiger charge is 2.49. The Labute approximate surface area is 188 Å². The average molecular weight is 442 g/mol. The van der Waals surface area contributed by atoms with Crippen molar-refractivity contribution in [3.8, 4) is 5.88 Å². The molecule has 0 aliphatic carbocycles. The van der Waals surface area contributed by atoms with Crippen LogP contribution in [0.4, 0.5) is 0 Å². The SMILES string of the molecule is CNC(=O)C(=NOC)c1ccccc1COc1ncc(C2(C(C)(C)C)OCCO2)cc1C. The van der Waals surface area contributed by atoms with Crippen LogP contribution < -0.4 is 10.1 Å². The Kier molecular flexibility index (Phi) is 7.16. The van der Waals surface area contributed by atoms with Crippen molar-refractivity contribution in [1.82, 2.24) is 10.3 Å². The summed E-state index contributed by atoms with van der Waals surface area (Å²) in [6.45, 7) is 9.48. The van der Waals surface area contributed by atoms with E-state index in [1.54, 1.807) is 19.3 Å². The molecule has 0 unspecified atom stereocenters. The number of likely N-dealkylation sites (N-methyl/N-ethyl adjacent to an activating group) is 1. The topological polar surface area (TPSA) is 91.3 Å². The van der Waals surface area contributed by atoms with Crippen molar-refractivity contribution in [2.45, 2.75) is 40.1 Å². The van der Waals surface area contributed by atoms with E-state index >= 15 is 0 Å². The Morgan fingerprint density at radius 1 is 1.25 bits per heavy atom. The molecule has 1 saturated heterocycles. The van der Waals surface area contributed by atoms with Crippen molar-refractivity contribution in [2.75, 3.05) is 27.4 Å². The van der Waals surface area contributed by atoms with Gasteiger partial charge in [0.15, 0.2) is 5.71 Å². The first-order valence-electron chi connectivity index (χ1n) is 10.5. The second-order valence-corrected chi connectivity index (χ2v) is 8.56. The molecule has 1 aliphatic heterocycles. The van der Waals surface area contributed by atoms with Crippen molar-refractivity contribution in [3.05, 3.63) is 58.8 Å². The molecule has 0 bridgehead atoms. The maximum atomic E-state index is 12.3. The molecule has 1 amide bonds. The number of aryl methyl sites for hydroxylation is 1. The summed E-state index contributed by atoms with van der Waals surface area (Å²) < 4.78 is 18.1. The van der Waals surface area contributed by atoms with Gasteiger partial charge in [0.25, 0.3) is 5.91 Å². The maximum absolute atomic E-state index is 12.3. The van der Waals surface area contributed by atoms with E-state index in [1.165, 1.54) is 7.11 Å². The molecule has 1 N–H and O–H groups in total. The summed E-state index contributed by atoms with van der Waals surface area (Å²) >= 11 is 0. The number of rotatable bonds is 7. The minimum absolute atomic E-state index is 0.178. The van der Waals surface area contributed by atoms with Crippen LogP contribution in [0.3, 0.4) is 0 Å². The highest BCUT2D eigenvalue weighted by molar-refractivity contribution is 6.45. The molecule has 0 atom stereocenters. The number of ether oxygens (including phenoxy) is 3. The van der Waals surface area contributed by atoms with Gasteiger partial charge in [-0.3, -0.25) is 4.79 Å². The van der Waals surface area contributed by atoms with Gasteiger partial charge in [0.1, 0.15) is 13.7 Å². The van der Waals surface area contributed by atoms with Crippen LogP contribution in [0.25, 0.3) is 0 Å². The first kappa shape index (κ1) is 23.7. The molecule has 0 spiro atoms. The van der Waals surface area contributed by atoms with E-state index in [-0.39, 0.29) is 23.6 Å². The third-order valence-corrected chi connectivity index (χ3v) is 5.35. The summed E-state index contributed by atoms with van der Waals surface area (Å²) in [4.78, 5) is 21.7. The minimum Gasteiger partial charge on any atom is -0.473 e. The van der Waals surface area contributed by atoms with Crippen LogP contribution in [-0.2, 0) is 31.5 Å². The zero-order valence-corrected chi connectivity index (χ0v) is 19.5. The van der Waals surface area contributed by atoms with Crippen molar-refractivity contribution in [2.24, 2.45) is 10.6 Å². The molecule has 1 aliphatic rings. The molecule has 2 heterocycles. The molecule has 0 radical (unpaired) electrons. The summed E-state index contributed by atoms with van der Waals surface area (Å²) in [6.07, 6.45) is 1.74. The van der Waals surface area contributed by atoms with Gasteiger partial charge < -0.3 is 24.4 Å². The van der Waals surface area contributed by atoms with E-state index in [2.05, 4.69) is 36.2 Å². The normalized spacial score (nSPS) is 16.0. The van der Waals surface area contributed by atoms with Gasteiger partial charge >= 0.3 is 0 Å². The highest BCUT2D eigenvalue weighted by atomic mass is 16.7. The lowest BCUT2D eigenvalue weighted by Gasteiger charge is -2.39. The fourth-order valence-corrected chi connectivity index (χ4v) is 3.78. The van der Waals surface area contributed by atoms with Gasteiger partial charge in [0.05, 0.1) is 13.2 Å². The lowest BCUT2D eigenvalue weighted by Crippen LogP contribution is -2.41. The molecule has 8 nitrogen and oxygen atoms in total. The zero-order valence-electron chi connectivity index (χ0n) is 19.5. The van der Waals surface area contributed by atoms with Gasteiger partial charge in [-0.05, 0) is 18.6 Å². The van der Waals surface area contributed by atoms with Crippen molar-refractivity contribution >= 4 is 11.6 Å². The lowest BCUT2D eigenvalue weighted by atomic mass is 9.81. The third kappa shape index (κ3) is 4.61. The Balaban J connectivity index is 1.85. The number of pyridine rings is 1. The van der Waals surface area contributed by atoms with Crippen LogP contribution in [0, 0.1) is 12.3 Å². The monoisotopic (exact) mass is 441 g/mol. The highest BCUT2D eigenvalue weighted by Crippen LogP contribution is 2.46. The first-order chi connectivity index (χ1) is 15.2. The first-order valence-corrected chi connectivity index (χ1v) is 10.5. The summed E-state index contributed by atoms with van der Waals surface area (Å²) in [6, 6.07) is 9.38. The molecular weight excluding hydrogens is 410 g/mol. The van der Waals surface area contributed by atoms with Crippen LogP contribution in [0.15, 0.2) is 41.7 Å². The number of oxime groups is 1. The quantitative estimate of drug-likeness (QED) is 0.524. The van der Waals surface area contributed by atoms with Crippen LogP contribution in [0.1, 0.15) is 43.0 Å². The Morgan fingerprint density at radius 3 is 2.53 bits per heavy atom. The van der Waals surface area contributed by atoms with E-state index in [1.807, 2.05) is 31.2 Å². The van der Waals surface area contributed by atoms with Gasteiger partial charge in [-0.1, -0.05) is 50.2 Å². The van der Waals surface area contributed by atoms with Crippen LogP contribution in [-0.4, -0.2) is 44.0 Å². The Hall–Kier alpha value is -2.97. The van der Waals surface area contributed by atoms with Gasteiger partial charge in [0, 0.05) is 35.3 Å². The van der Waals surface area contributed by atoms with E-state index in [0.29, 0.717) is 24.7 Å². The molecule has 1 aromatic heterocycles. The second-order valence-electron chi connectivity index (χ2n) is 8.56. The molecule has 2 aromatic rings. The number of benzene rings is 1. The van der Waals surface area contributed by atoms with E-state index < -0.39 is 5.79 Å². The molecule has 32 heavy (non-hydrogen) atoms. The minimum atomic E-state index is -0.838. The number of carbonyl (C=O) groups excluding carboxylic acids is 1. The fourth-order valence-electron chi connectivity index (χ4n) is 3.78. The number of amides is 1. The summed E-state index contributed by atoms with van der Waals surface area (Å²) in [5.41, 5.74) is 3.04. The second kappa shape index (κ2) is 9.67. The number of carbonyl (C=O) groups is 1. The zero-order chi connectivity index (χ0) is 23.4. The number of hydrogen-bond donors (Lipinski definition) is 1. The molecular formula is C24H31N3O5. The third-order valence-electron chi connectivity index (χ3n) is 5.35. The molecule has 8 heteroatoms. The average Bonchev–Trinajstić information content (AvgIpc) is 3.28. The van der Waals surface area contributed by atoms with E-state index in [9.17, 15) is 4.79 Å². The Morgan fingerprint density at radius 2 is 1.94 bits per heavy atom. The summed E-state index contributed by atoms with van der Waals surface area (Å²) in [7, 11) is 2.95. The largest absolute Gasteiger partial charge is 0.473 e. The number of hydrogen-bond acceptors (Lipinski definition) is 7. The molecule has 1 aromatic carbocycles. The van der Waals surface area contributed by atoms with Crippen molar-refractivity contribution in [1.29, 1.82) is 0 Å². The standard InChI is InChI=1S/C24H31N3O5/c1-16-13-18(24(23(2,3)4)31-11-12-32-24)14-26-22(16)30-15-17-9-7-8-10-19(17)20(27-29-6)21(28)25-5/h7-10,13-14H,11-12,15H2,1-6H3,(H,25,28). The number of aromatic nitrogens is 1. The predicted octanol–water partition coefficient (Wildman–Crippen LogP) is 3.31. The fraction of sp³-hybridized carbons (Fsp3) is 0.458. The van der Waals surface area contributed by atoms with Crippen LogP contribution >= 0.6 is 0 Å². The van der Waals surface area contributed by atoms with E-state index in [4.69, 9.17) is 19.0 Å². The van der Waals surface area contributed by atoms with Gasteiger partial charge in [-0.25, -0.2) is 4.98 Å². The predicted molar refractivity (Wildman–Crippen MR) is 120 cm³/mol. The molecule has 1 fully saturated rings. The summed E-state index contributed by atoms with van der Waals surface area (Å²) in [5, 5.41) is 6.47.